The second-order valence-electron chi connectivity index (χ2n) is 14.5. The van der Waals surface area contributed by atoms with Crippen molar-refractivity contribution in [2.45, 2.75) is 245 Å². The van der Waals surface area contributed by atoms with Crippen molar-refractivity contribution in [3.8, 4) is 0 Å². The molecule has 0 radical (unpaired) electrons. The monoisotopic (exact) mass is 619 g/mol. The van der Waals surface area contributed by atoms with Crippen LogP contribution in [0.1, 0.15) is 245 Å². The fraction of sp³-hybridized carbons (Fsp3) is 0.929. The maximum absolute atomic E-state index is 11.9. The van der Waals surface area contributed by atoms with Gasteiger partial charge in [0.2, 0.25) is 0 Å². The molecule has 0 aliphatic heterocycles. The van der Waals surface area contributed by atoms with Crippen molar-refractivity contribution in [2.24, 2.45) is 5.92 Å². The van der Waals surface area contributed by atoms with Gasteiger partial charge in [-0.3, -0.25) is 4.79 Å². The molecule has 0 saturated carbocycles. The first-order valence-corrected chi connectivity index (χ1v) is 20.5. The number of hydrogen-bond donors (Lipinski definition) is 0. The zero-order valence-electron chi connectivity index (χ0n) is 30.8. The molecule has 0 amide bonds. The normalized spacial score (nSPS) is 11.7. The molecule has 0 fully saturated rings. The van der Waals surface area contributed by atoms with E-state index in [1.54, 1.807) is 6.26 Å². The molecule has 2 heteroatoms. The Bertz CT molecular complexity index is 566. The van der Waals surface area contributed by atoms with Crippen LogP contribution in [0.2, 0.25) is 0 Å². The molecule has 0 rings (SSSR count). The van der Waals surface area contributed by atoms with Crippen LogP contribution in [0.4, 0.5) is 0 Å². The van der Waals surface area contributed by atoms with E-state index in [1.165, 1.54) is 199 Å². The minimum absolute atomic E-state index is 0.0573. The van der Waals surface area contributed by atoms with Gasteiger partial charge in [-0.2, -0.15) is 0 Å². The number of unbranched alkanes of at least 4 members (excludes halogenated alkanes) is 31. The highest BCUT2D eigenvalue weighted by Gasteiger charge is 2.01. The first-order valence-electron chi connectivity index (χ1n) is 20.5. The molecule has 0 aromatic rings. The predicted octanol–water partition coefficient (Wildman–Crippen LogP) is 15.4. The van der Waals surface area contributed by atoms with Gasteiger partial charge in [0.15, 0.2) is 0 Å². The molecule has 0 spiro atoms. The van der Waals surface area contributed by atoms with Gasteiger partial charge in [-0.05, 0) is 31.3 Å². The van der Waals surface area contributed by atoms with Crippen molar-refractivity contribution < 1.29 is 9.53 Å². The highest BCUT2D eigenvalue weighted by atomic mass is 16.5. The third-order valence-electron chi connectivity index (χ3n) is 9.43. The molecule has 0 aromatic heterocycles. The average Bonchev–Trinajstić information content (AvgIpc) is 3.01. The topological polar surface area (TPSA) is 26.3 Å². The second kappa shape index (κ2) is 38.4. The third kappa shape index (κ3) is 39.2. The number of carbonyl (C=O) groups excluding carboxylic acids is 1. The molecule has 0 atom stereocenters. The molecule has 0 bridgehead atoms. The molecular weight excluding hydrogens is 536 g/mol. The second-order valence-corrected chi connectivity index (χ2v) is 14.5. The lowest BCUT2D eigenvalue weighted by Crippen LogP contribution is -1.98. The molecule has 0 N–H and O–H groups in total. The van der Waals surface area contributed by atoms with Crippen molar-refractivity contribution in [3.63, 3.8) is 0 Å². The quantitative estimate of drug-likeness (QED) is 0.0393. The Morgan fingerprint density at radius 3 is 1.14 bits per heavy atom. The van der Waals surface area contributed by atoms with Crippen molar-refractivity contribution in [1.82, 2.24) is 0 Å². The Labute approximate surface area is 278 Å². The summed E-state index contributed by atoms with van der Waals surface area (Å²) in [5.74, 6) is 0.809. The van der Waals surface area contributed by atoms with Crippen LogP contribution >= 0.6 is 0 Å². The number of ether oxygens (including phenoxy) is 1. The molecule has 0 heterocycles. The Balaban J connectivity index is 3.20. The minimum Gasteiger partial charge on any atom is -0.435 e. The first kappa shape index (κ1) is 43.2. The Morgan fingerprint density at radius 2 is 0.773 bits per heavy atom. The number of hydrogen-bond acceptors (Lipinski definition) is 2. The van der Waals surface area contributed by atoms with Crippen LogP contribution in [-0.4, -0.2) is 5.97 Å². The SMILES string of the molecule is CCCCCCCCCCCCCCCCCCCCCCC=COC(=O)CCCCCCCCCCCCCCC(C)C. The minimum atomic E-state index is -0.0573. The van der Waals surface area contributed by atoms with E-state index in [0.29, 0.717) is 6.42 Å². The molecule has 262 valence electrons. The van der Waals surface area contributed by atoms with Gasteiger partial charge >= 0.3 is 5.97 Å². The summed E-state index contributed by atoms with van der Waals surface area (Å²) in [5, 5.41) is 0. The summed E-state index contributed by atoms with van der Waals surface area (Å²) in [6.07, 6.45) is 51.0. The van der Waals surface area contributed by atoms with Gasteiger partial charge in [0.25, 0.3) is 0 Å². The van der Waals surface area contributed by atoms with Crippen LogP contribution in [0.5, 0.6) is 0 Å². The maximum Gasteiger partial charge on any atom is 0.310 e. The molecule has 0 aliphatic rings. The van der Waals surface area contributed by atoms with E-state index < -0.39 is 0 Å². The largest absolute Gasteiger partial charge is 0.435 e. The Kier molecular flexibility index (Phi) is 37.7. The van der Waals surface area contributed by atoms with E-state index in [2.05, 4.69) is 20.8 Å². The summed E-state index contributed by atoms with van der Waals surface area (Å²) in [6.45, 7) is 6.95. The summed E-state index contributed by atoms with van der Waals surface area (Å²) in [4.78, 5) is 11.9. The maximum atomic E-state index is 11.9. The Hall–Kier alpha value is -0.790. The lowest BCUT2D eigenvalue weighted by Gasteiger charge is -2.05. The molecule has 2 nitrogen and oxygen atoms in total. The van der Waals surface area contributed by atoms with Gasteiger partial charge in [-0.15, -0.1) is 0 Å². The van der Waals surface area contributed by atoms with Crippen molar-refractivity contribution in [3.05, 3.63) is 12.3 Å². The van der Waals surface area contributed by atoms with Crippen LogP contribution in [0.25, 0.3) is 0 Å². The molecule has 0 unspecified atom stereocenters. The number of allylic oxidation sites excluding steroid dienone is 1. The summed E-state index contributed by atoms with van der Waals surface area (Å²) in [6, 6.07) is 0. The van der Waals surface area contributed by atoms with E-state index in [1.807, 2.05) is 6.08 Å². The highest BCUT2D eigenvalue weighted by molar-refractivity contribution is 5.69. The van der Waals surface area contributed by atoms with E-state index in [0.717, 1.165) is 25.2 Å². The van der Waals surface area contributed by atoms with Crippen LogP contribution in [0, 0.1) is 5.92 Å². The summed E-state index contributed by atoms with van der Waals surface area (Å²) < 4.78 is 5.28. The summed E-state index contributed by atoms with van der Waals surface area (Å²) >= 11 is 0. The van der Waals surface area contributed by atoms with Gasteiger partial charge in [-0.1, -0.05) is 220 Å². The first-order chi connectivity index (χ1) is 21.7. The molecule has 0 aromatic carbocycles. The summed E-state index contributed by atoms with van der Waals surface area (Å²) in [5.41, 5.74) is 0. The summed E-state index contributed by atoms with van der Waals surface area (Å²) in [7, 11) is 0. The van der Waals surface area contributed by atoms with Crippen molar-refractivity contribution >= 4 is 5.97 Å². The zero-order valence-corrected chi connectivity index (χ0v) is 30.8. The van der Waals surface area contributed by atoms with Crippen LogP contribution in [0.3, 0.4) is 0 Å². The van der Waals surface area contributed by atoms with Gasteiger partial charge in [0.1, 0.15) is 0 Å². The molecule has 0 saturated heterocycles. The Morgan fingerprint density at radius 1 is 0.455 bits per heavy atom. The lowest BCUT2D eigenvalue weighted by atomic mass is 10.0. The average molecular weight is 619 g/mol. The highest BCUT2D eigenvalue weighted by Crippen LogP contribution is 2.16. The van der Waals surface area contributed by atoms with Gasteiger partial charge < -0.3 is 4.74 Å². The zero-order chi connectivity index (χ0) is 32.0. The third-order valence-corrected chi connectivity index (χ3v) is 9.43. The number of carbonyl (C=O) groups is 1. The van der Waals surface area contributed by atoms with E-state index in [9.17, 15) is 4.79 Å². The van der Waals surface area contributed by atoms with Gasteiger partial charge in [0, 0.05) is 6.42 Å². The smallest absolute Gasteiger partial charge is 0.310 e. The standard InChI is InChI=1S/C42H82O2/c1-4-5-6-7-8-9-10-11-12-13-14-15-16-17-18-19-22-25-28-31-34-37-40-44-42(43)39-36-33-30-27-24-21-20-23-26-29-32-35-38-41(2)3/h37,40-41H,4-36,38-39H2,1-3H3. The van der Waals surface area contributed by atoms with E-state index in [4.69, 9.17) is 4.74 Å². The van der Waals surface area contributed by atoms with Crippen LogP contribution in [-0.2, 0) is 9.53 Å². The van der Waals surface area contributed by atoms with Crippen LogP contribution in [0.15, 0.2) is 12.3 Å². The lowest BCUT2D eigenvalue weighted by molar-refractivity contribution is -0.138. The van der Waals surface area contributed by atoms with Gasteiger partial charge in [-0.25, -0.2) is 0 Å². The van der Waals surface area contributed by atoms with E-state index in [-0.39, 0.29) is 5.97 Å². The van der Waals surface area contributed by atoms with E-state index >= 15 is 0 Å². The fourth-order valence-electron chi connectivity index (χ4n) is 6.36. The number of rotatable bonds is 37. The molecular formula is C42H82O2. The predicted molar refractivity (Wildman–Crippen MR) is 197 cm³/mol. The molecule has 44 heavy (non-hydrogen) atoms. The van der Waals surface area contributed by atoms with Crippen molar-refractivity contribution in [2.75, 3.05) is 0 Å². The molecule has 0 aliphatic carbocycles. The van der Waals surface area contributed by atoms with Crippen LogP contribution < -0.4 is 0 Å². The fourth-order valence-corrected chi connectivity index (χ4v) is 6.36. The van der Waals surface area contributed by atoms with Crippen molar-refractivity contribution in [1.29, 1.82) is 0 Å². The number of esters is 1. The van der Waals surface area contributed by atoms with Gasteiger partial charge in [0.05, 0.1) is 6.26 Å².